The normalized spacial score (nSPS) is 18.4. The molecule has 1 heterocycles. The van der Waals surface area contributed by atoms with Gasteiger partial charge < -0.3 is 5.32 Å². The number of sulfone groups is 1. The molecule has 0 spiro atoms. The number of fused-ring (bicyclic) bond motifs is 1. The third-order valence-electron chi connectivity index (χ3n) is 3.55. The molecule has 9 heteroatoms. The van der Waals surface area contributed by atoms with Crippen molar-refractivity contribution in [1.29, 1.82) is 0 Å². The minimum Gasteiger partial charge on any atom is -0.346 e. The molecule has 128 valence electrons. The maximum Gasteiger partial charge on any atom is 0.389 e. The lowest BCUT2D eigenvalue weighted by Crippen LogP contribution is -2.42. The van der Waals surface area contributed by atoms with E-state index < -0.39 is 53.2 Å². The van der Waals surface area contributed by atoms with Gasteiger partial charge in [-0.2, -0.15) is 13.2 Å². The van der Waals surface area contributed by atoms with Gasteiger partial charge in [0.1, 0.15) is 6.67 Å². The highest BCUT2D eigenvalue weighted by Crippen LogP contribution is 2.25. The van der Waals surface area contributed by atoms with Gasteiger partial charge in [0, 0.05) is 12.0 Å². The molecule has 1 aliphatic rings. The molecule has 1 N–H and O–H groups in total. The molecule has 1 unspecified atom stereocenters. The zero-order valence-electron chi connectivity index (χ0n) is 12.0. The lowest BCUT2D eigenvalue weighted by molar-refractivity contribution is -0.134. The molecular formula is C14H15F4NO3S. The van der Waals surface area contributed by atoms with Crippen LogP contribution < -0.4 is 5.32 Å². The molecule has 2 rings (SSSR count). The first-order chi connectivity index (χ1) is 10.6. The fraction of sp³-hybridized carbons (Fsp3) is 0.500. The van der Waals surface area contributed by atoms with E-state index in [1.807, 2.05) is 0 Å². The third-order valence-corrected chi connectivity index (χ3v) is 5.34. The van der Waals surface area contributed by atoms with Crippen molar-refractivity contribution in [2.45, 2.75) is 36.4 Å². The van der Waals surface area contributed by atoms with Gasteiger partial charge in [-0.25, -0.2) is 12.8 Å². The van der Waals surface area contributed by atoms with Crippen molar-refractivity contribution in [3.63, 3.8) is 0 Å². The minimum atomic E-state index is -4.41. The number of halogens is 4. The third kappa shape index (κ3) is 4.43. The number of hydrogen-bond acceptors (Lipinski definition) is 3. The minimum absolute atomic E-state index is 0.117. The number of alkyl halides is 4. The average molecular weight is 353 g/mol. The van der Waals surface area contributed by atoms with Crippen LogP contribution in [0.4, 0.5) is 17.6 Å². The van der Waals surface area contributed by atoms with Crippen molar-refractivity contribution in [1.82, 2.24) is 5.32 Å². The van der Waals surface area contributed by atoms with Crippen LogP contribution in [0.25, 0.3) is 0 Å². The topological polar surface area (TPSA) is 63.2 Å². The largest absolute Gasteiger partial charge is 0.389 e. The molecule has 1 aliphatic heterocycles. The van der Waals surface area contributed by atoms with Gasteiger partial charge in [-0.1, -0.05) is 6.07 Å². The van der Waals surface area contributed by atoms with E-state index in [1.165, 1.54) is 12.1 Å². The Morgan fingerprint density at radius 1 is 1.26 bits per heavy atom. The van der Waals surface area contributed by atoms with E-state index in [0.717, 1.165) is 6.07 Å². The number of hydrogen-bond donors (Lipinski definition) is 1. The number of carbonyl (C=O) groups is 1. The predicted molar refractivity (Wildman–Crippen MR) is 74.7 cm³/mol. The lowest BCUT2D eigenvalue weighted by Gasteiger charge is -2.23. The van der Waals surface area contributed by atoms with Crippen LogP contribution in [0, 0.1) is 0 Å². The average Bonchev–Trinajstić information content (AvgIpc) is 2.45. The summed E-state index contributed by atoms with van der Waals surface area (Å²) in [6.07, 6.45) is -5.90. The van der Waals surface area contributed by atoms with Crippen molar-refractivity contribution >= 4 is 15.7 Å². The second-order valence-corrected chi connectivity index (χ2v) is 7.49. The zero-order chi connectivity index (χ0) is 17.3. The second-order valence-electron chi connectivity index (χ2n) is 5.39. The first-order valence-electron chi connectivity index (χ1n) is 6.91. The lowest BCUT2D eigenvalue weighted by atomic mass is 9.96. The molecule has 1 atom stereocenters. The first-order valence-corrected chi connectivity index (χ1v) is 8.57. The van der Waals surface area contributed by atoms with Crippen LogP contribution in [-0.4, -0.2) is 39.0 Å². The van der Waals surface area contributed by atoms with Gasteiger partial charge in [-0.3, -0.25) is 4.79 Å². The molecule has 0 radical (unpaired) electrons. The summed E-state index contributed by atoms with van der Waals surface area (Å²) < 4.78 is 73.1. The van der Waals surface area contributed by atoms with Crippen molar-refractivity contribution in [2.75, 3.05) is 12.4 Å². The van der Waals surface area contributed by atoms with Crippen molar-refractivity contribution in [3.8, 4) is 0 Å². The smallest absolute Gasteiger partial charge is 0.346 e. The summed E-state index contributed by atoms with van der Waals surface area (Å²) in [6.45, 7) is -0.733. The summed E-state index contributed by atoms with van der Waals surface area (Å²) in [6, 6.07) is 3.15. The van der Waals surface area contributed by atoms with Gasteiger partial charge in [-0.15, -0.1) is 0 Å². The van der Waals surface area contributed by atoms with Crippen LogP contribution in [0.15, 0.2) is 23.1 Å². The van der Waals surface area contributed by atoms with E-state index in [0.29, 0.717) is 5.56 Å². The SMILES string of the molecule is O=C1NC(CF)Cc2ccc(S(=O)(=O)CCCC(F)(F)F)cc21. The van der Waals surface area contributed by atoms with E-state index in [4.69, 9.17) is 0 Å². The molecule has 1 amide bonds. The molecule has 0 fully saturated rings. The fourth-order valence-corrected chi connectivity index (χ4v) is 3.72. The van der Waals surface area contributed by atoms with Gasteiger partial charge in [0.05, 0.1) is 16.7 Å². The van der Waals surface area contributed by atoms with Crippen LogP contribution in [0.5, 0.6) is 0 Å². The molecule has 0 saturated heterocycles. The predicted octanol–water partition coefficient (Wildman–Crippen LogP) is 2.43. The number of rotatable bonds is 5. The van der Waals surface area contributed by atoms with E-state index in [-0.39, 0.29) is 16.9 Å². The quantitative estimate of drug-likeness (QED) is 0.827. The summed E-state index contributed by atoms with van der Waals surface area (Å²) in [4.78, 5) is 11.7. The van der Waals surface area contributed by atoms with Gasteiger partial charge in [0.2, 0.25) is 0 Å². The molecular weight excluding hydrogens is 338 g/mol. The van der Waals surface area contributed by atoms with Gasteiger partial charge >= 0.3 is 6.18 Å². The van der Waals surface area contributed by atoms with Crippen LogP contribution in [0.2, 0.25) is 0 Å². The van der Waals surface area contributed by atoms with Gasteiger partial charge in [-0.05, 0) is 30.5 Å². The Balaban J connectivity index is 2.18. The van der Waals surface area contributed by atoms with Crippen LogP contribution in [-0.2, 0) is 16.3 Å². The Bertz CT molecular complexity index is 700. The fourth-order valence-electron chi connectivity index (χ4n) is 2.39. The highest BCUT2D eigenvalue weighted by Gasteiger charge is 2.29. The van der Waals surface area contributed by atoms with Crippen molar-refractivity contribution in [2.24, 2.45) is 0 Å². The van der Waals surface area contributed by atoms with E-state index in [2.05, 4.69) is 5.32 Å². The Labute approximate surface area is 130 Å². The maximum absolute atomic E-state index is 12.6. The molecule has 0 aromatic heterocycles. The maximum atomic E-state index is 12.6. The molecule has 1 aromatic rings. The summed E-state index contributed by atoms with van der Waals surface area (Å²) in [5, 5.41) is 2.41. The summed E-state index contributed by atoms with van der Waals surface area (Å²) in [5.74, 6) is -1.23. The standard InChI is InChI=1S/C14H15F4NO3S/c15-8-10-6-9-2-3-11(7-12(9)13(20)19-10)23(21,22)5-1-4-14(16,17)18/h2-3,7,10H,1,4-6,8H2,(H,19,20). The van der Waals surface area contributed by atoms with E-state index in [9.17, 15) is 30.8 Å². The number of amides is 1. The second kappa shape index (κ2) is 6.46. The molecule has 0 bridgehead atoms. The Morgan fingerprint density at radius 3 is 2.57 bits per heavy atom. The Hall–Kier alpha value is -1.64. The highest BCUT2D eigenvalue weighted by molar-refractivity contribution is 7.91. The van der Waals surface area contributed by atoms with Gasteiger partial charge in [0.25, 0.3) is 5.91 Å². The number of benzene rings is 1. The zero-order valence-corrected chi connectivity index (χ0v) is 12.8. The molecule has 4 nitrogen and oxygen atoms in total. The summed E-state index contributed by atoms with van der Waals surface area (Å²) in [7, 11) is -3.91. The van der Waals surface area contributed by atoms with Gasteiger partial charge in [0.15, 0.2) is 9.84 Å². The Kier molecular flexibility index (Phi) is 4.98. The highest BCUT2D eigenvalue weighted by atomic mass is 32.2. The number of carbonyl (C=O) groups excluding carboxylic acids is 1. The number of nitrogens with one attached hydrogen (secondary N) is 1. The molecule has 1 aromatic carbocycles. The molecule has 0 aliphatic carbocycles. The summed E-state index contributed by atoms with van der Waals surface area (Å²) >= 11 is 0. The summed E-state index contributed by atoms with van der Waals surface area (Å²) in [5.41, 5.74) is 0.636. The van der Waals surface area contributed by atoms with Crippen LogP contribution in [0.3, 0.4) is 0 Å². The van der Waals surface area contributed by atoms with E-state index >= 15 is 0 Å². The van der Waals surface area contributed by atoms with Crippen LogP contribution in [0.1, 0.15) is 28.8 Å². The van der Waals surface area contributed by atoms with Crippen LogP contribution >= 0.6 is 0 Å². The van der Waals surface area contributed by atoms with Crippen molar-refractivity contribution in [3.05, 3.63) is 29.3 Å². The monoisotopic (exact) mass is 353 g/mol. The van der Waals surface area contributed by atoms with E-state index in [1.54, 1.807) is 0 Å². The van der Waals surface area contributed by atoms with Crippen molar-refractivity contribution < 1.29 is 30.8 Å². The molecule has 0 saturated carbocycles. The first kappa shape index (κ1) is 17.7. The molecule has 23 heavy (non-hydrogen) atoms. The Morgan fingerprint density at radius 2 is 1.96 bits per heavy atom.